The third-order valence-electron chi connectivity index (χ3n) is 3.42. The molecule has 1 N–H and O–H groups in total. The van der Waals surface area contributed by atoms with Gasteiger partial charge in [-0.2, -0.15) is 0 Å². The summed E-state index contributed by atoms with van der Waals surface area (Å²) >= 11 is 11.7. The number of hydrogen-bond donors (Lipinski definition) is 1. The number of rotatable bonds is 7. The molecule has 0 bridgehead atoms. The van der Waals surface area contributed by atoms with Gasteiger partial charge in [-0.25, -0.2) is 0 Å². The topological polar surface area (TPSA) is 73.9 Å². The van der Waals surface area contributed by atoms with Crippen LogP contribution in [-0.2, 0) is 16.1 Å². The summed E-state index contributed by atoms with van der Waals surface area (Å²) in [6.07, 6.45) is 0. The van der Waals surface area contributed by atoms with E-state index in [1.807, 2.05) is 0 Å². The first-order valence-electron chi connectivity index (χ1n) is 7.54. The average molecular weight is 398 g/mol. The van der Waals surface area contributed by atoms with Gasteiger partial charge in [0.1, 0.15) is 13.2 Å². The molecule has 2 aromatic carbocycles. The second-order valence-corrected chi connectivity index (χ2v) is 5.98. The highest BCUT2D eigenvalue weighted by molar-refractivity contribution is 6.42. The molecular weight excluding hydrogens is 381 g/mol. The van der Waals surface area contributed by atoms with Crippen molar-refractivity contribution in [2.45, 2.75) is 6.61 Å². The van der Waals surface area contributed by atoms with E-state index in [0.29, 0.717) is 32.7 Å². The third kappa shape index (κ3) is 5.28. The van der Waals surface area contributed by atoms with Crippen molar-refractivity contribution in [3.05, 3.63) is 57.6 Å². The number of esters is 1. The second kappa shape index (κ2) is 9.31. The van der Waals surface area contributed by atoms with E-state index in [9.17, 15) is 9.59 Å². The number of halogens is 2. The van der Waals surface area contributed by atoms with Gasteiger partial charge in [0.05, 0.1) is 24.3 Å². The van der Waals surface area contributed by atoms with Crippen molar-refractivity contribution in [1.29, 1.82) is 0 Å². The highest BCUT2D eigenvalue weighted by Gasteiger charge is 2.12. The number of ether oxygens (including phenoxy) is 3. The molecule has 0 fully saturated rings. The minimum absolute atomic E-state index is 0.0297. The molecule has 2 rings (SSSR count). The van der Waals surface area contributed by atoms with E-state index >= 15 is 0 Å². The van der Waals surface area contributed by atoms with E-state index in [0.717, 1.165) is 0 Å². The summed E-state index contributed by atoms with van der Waals surface area (Å²) in [5.74, 6) is -0.0882. The number of nitrogens with one attached hydrogen (secondary N) is 1. The molecule has 0 aliphatic heterocycles. The molecule has 0 aliphatic rings. The summed E-state index contributed by atoms with van der Waals surface area (Å²) in [5.41, 5.74) is 1.03. The summed E-state index contributed by atoms with van der Waals surface area (Å²) in [5, 5.41) is 3.28. The average Bonchev–Trinajstić information content (AvgIpc) is 2.66. The van der Waals surface area contributed by atoms with Crippen molar-refractivity contribution >= 4 is 35.1 Å². The van der Waals surface area contributed by atoms with E-state index in [1.165, 1.54) is 20.3 Å². The van der Waals surface area contributed by atoms with Crippen LogP contribution in [0.5, 0.6) is 11.5 Å². The molecule has 0 heterocycles. The fourth-order valence-electron chi connectivity index (χ4n) is 2.08. The number of carbonyl (C=O) groups is 2. The van der Waals surface area contributed by atoms with Crippen molar-refractivity contribution in [2.24, 2.45) is 0 Å². The van der Waals surface area contributed by atoms with Crippen LogP contribution >= 0.6 is 23.2 Å². The van der Waals surface area contributed by atoms with Crippen LogP contribution in [0.4, 0.5) is 0 Å². The Hall–Kier alpha value is -2.44. The zero-order valence-corrected chi connectivity index (χ0v) is 15.7. The summed E-state index contributed by atoms with van der Waals surface area (Å²) < 4.78 is 15.3. The lowest BCUT2D eigenvalue weighted by Gasteiger charge is -2.10. The van der Waals surface area contributed by atoms with Crippen LogP contribution in [0.25, 0.3) is 0 Å². The Morgan fingerprint density at radius 1 is 0.962 bits per heavy atom. The highest BCUT2D eigenvalue weighted by atomic mass is 35.5. The normalized spacial score (nSPS) is 10.2. The van der Waals surface area contributed by atoms with Crippen LogP contribution in [0.1, 0.15) is 15.9 Å². The molecule has 26 heavy (non-hydrogen) atoms. The van der Waals surface area contributed by atoms with Crippen molar-refractivity contribution in [3.8, 4) is 11.5 Å². The van der Waals surface area contributed by atoms with Gasteiger partial charge in [0.25, 0.3) is 5.91 Å². The number of carbonyl (C=O) groups excluding carboxylic acids is 2. The molecule has 8 heteroatoms. The van der Waals surface area contributed by atoms with Gasteiger partial charge in [-0.3, -0.25) is 9.59 Å². The molecule has 0 radical (unpaired) electrons. The van der Waals surface area contributed by atoms with Gasteiger partial charge in [-0.15, -0.1) is 0 Å². The molecule has 0 atom stereocenters. The van der Waals surface area contributed by atoms with Crippen molar-refractivity contribution < 1.29 is 23.8 Å². The quantitative estimate of drug-likeness (QED) is 0.723. The molecule has 0 aromatic heterocycles. The Kier molecular flexibility index (Phi) is 7.12. The lowest BCUT2D eigenvalue weighted by molar-refractivity contribution is -0.143. The van der Waals surface area contributed by atoms with E-state index < -0.39 is 11.9 Å². The minimum Gasteiger partial charge on any atom is -0.493 e. The first-order valence-corrected chi connectivity index (χ1v) is 8.30. The zero-order valence-electron chi connectivity index (χ0n) is 14.2. The molecule has 0 saturated carbocycles. The van der Waals surface area contributed by atoms with Crippen LogP contribution in [0, 0.1) is 0 Å². The number of methoxy groups -OCH3 is 2. The largest absolute Gasteiger partial charge is 0.493 e. The molecule has 0 aliphatic carbocycles. The Bertz CT molecular complexity index is 810. The van der Waals surface area contributed by atoms with E-state index in [4.69, 9.17) is 37.4 Å². The van der Waals surface area contributed by atoms with Crippen molar-refractivity contribution in [2.75, 3.05) is 20.8 Å². The molecule has 0 saturated heterocycles. The molecule has 0 spiro atoms. The van der Waals surface area contributed by atoms with E-state index in [-0.39, 0.29) is 13.2 Å². The predicted octanol–water partition coefficient (Wildman–Crippen LogP) is 3.48. The minimum atomic E-state index is -0.579. The lowest BCUT2D eigenvalue weighted by Crippen LogP contribution is -2.30. The van der Waals surface area contributed by atoms with Gasteiger partial charge in [-0.05, 0) is 35.9 Å². The fourth-order valence-corrected chi connectivity index (χ4v) is 2.40. The molecule has 0 unspecified atom stereocenters. The standard InChI is InChI=1S/C18H17Cl2NO5/c1-24-15-6-4-12(8-16(15)25-2)18(23)21-9-17(22)26-10-11-3-5-13(19)14(20)7-11/h3-8H,9-10H2,1-2H3,(H,21,23). The summed E-state index contributed by atoms with van der Waals surface area (Å²) in [7, 11) is 2.97. The lowest BCUT2D eigenvalue weighted by atomic mass is 10.2. The van der Waals surface area contributed by atoms with Gasteiger partial charge in [0, 0.05) is 5.56 Å². The molecular formula is C18H17Cl2NO5. The summed E-state index contributed by atoms with van der Waals surface area (Å²) in [6, 6.07) is 9.62. The van der Waals surface area contributed by atoms with E-state index in [2.05, 4.69) is 5.32 Å². The van der Waals surface area contributed by atoms with Gasteiger partial charge < -0.3 is 19.5 Å². The van der Waals surface area contributed by atoms with Gasteiger partial charge in [0.2, 0.25) is 0 Å². The number of benzene rings is 2. The van der Waals surface area contributed by atoms with Gasteiger partial charge >= 0.3 is 5.97 Å². The highest BCUT2D eigenvalue weighted by Crippen LogP contribution is 2.27. The predicted molar refractivity (Wildman–Crippen MR) is 98.1 cm³/mol. The number of amides is 1. The maximum Gasteiger partial charge on any atom is 0.325 e. The maximum atomic E-state index is 12.1. The second-order valence-electron chi connectivity index (χ2n) is 5.16. The third-order valence-corrected chi connectivity index (χ3v) is 4.16. The maximum absolute atomic E-state index is 12.1. The fraction of sp³-hybridized carbons (Fsp3) is 0.222. The Morgan fingerprint density at radius 2 is 1.69 bits per heavy atom. The van der Waals surface area contributed by atoms with Crippen LogP contribution in [-0.4, -0.2) is 32.6 Å². The van der Waals surface area contributed by atoms with Crippen LogP contribution in [0.2, 0.25) is 10.0 Å². The van der Waals surface area contributed by atoms with Gasteiger partial charge in [-0.1, -0.05) is 29.3 Å². The molecule has 138 valence electrons. The molecule has 1 amide bonds. The molecule has 6 nitrogen and oxygen atoms in total. The first-order chi connectivity index (χ1) is 12.4. The van der Waals surface area contributed by atoms with E-state index in [1.54, 1.807) is 30.3 Å². The van der Waals surface area contributed by atoms with Gasteiger partial charge in [0.15, 0.2) is 11.5 Å². The summed E-state index contributed by atoms with van der Waals surface area (Å²) in [4.78, 5) is 23.9. The Balaban J connectivity index is 1.86. The SMILES string of the molecule is COc1ccc(C(=O)NCC(=O)OCc2ccc(Cl)c(Cl)c2)cc1OC. The Morgan fingerprint density at radius 3 is 2.35 bits per heavy atom. The smallest absolute Gasteiger partial charge is 0.325 e. The Labute approximate surface area is 160 Å². The van der Waals surface area contributed by atoms with Crippen LogP contribution in [0.3, 0.4) is 0 Å². The summed E-state index contributed by atoms with van der Waals surface area (Å²) in [6.45, 7) is -0.240. The molecule has 2 aromatic rings. The zero-order chi connectivity index (χ0) is 19.1. The van der Waals surface area contributed by atoms with Crippen LogP contribution in [0.15, 0.2) is 36.4 Å². The first kappa shape index (κ1) is 19.9. The number of hydrogen-bond acceptors (Lipinski definition) is 5. The van der Waals surface area contributed by atoms with Crippen LogP contribution < -0.4 is 14.8 Å². The van der Waals surface area contributed by atoms with Crippen molar-refractivity contribution in [3.63, 3.8) is 0 Å². The monoisotopic (exact) mass is 397 g/mol. The van der Waals surface area contributed by atoms with Crippen molar-refractivity contribution in [1.82, 2.24) is 5.32 Å².